The van der Waals surface area contributed by atoms with Crippen LogP contribution in [0.3, 0.4) is 0 Å². The van der Waals surface area contributed by atoms with Crippen molar-refractivity contribution in [3.63, 3.8) is 0 Å². The highest BCUT2D eigenvalue weighted by Gasteiger charge is 2.40. The number of carbonyl (C=O) groups excluding carboxylic acids is 1. The van der Waals surface area contributed by atoms with Crippen molar-refractivity contribution in [1.29, 1.82) is 0 Å². The molecule has 0 aromatic carbocycles. The van der Waals surface area contributed by atoms with E-state index < -0.39 is 12.1 Å². The van der Waals surface area contributed by atoms with Crippen LogP contribution in [0.1, 0.15) is 42.4 Å². The van der Waals surface area contributed by atoms with Crippen molar-refractivity contribution in [3.8, 4) is 5.69 Å². The lowest BCUT2D eigenvalue weighted by molar-refractivity contribution is -0.175. The quantitative estimate of drug-likeness (QED) is 0.622. The Balaban J connectivity index is 1.60. The molecule has 0 spiro atoms. The number of imidazole rings is 1. The molecule has 2 unspecified atom stereocenters. The third-order valence-corrected chi connectivity index (χ3v) is 7.37. The molecule has 0 saturated carbocycles. The van der Waals surface area contributed by atoms with Crippen molar-refractivity contribution >= 4 is 17.7 Å². The van der Waals surface area contributed by atoms with Gasteiger partial charge in [0.05, 0.1) is 17.9 Å². The van der Waals surface area contributed by atoms with E-state index in [0.717, 1.165) is 5.69 Å². The number of fused-ring (bicyclic) bond motifs is 1. The summed E-state index contributed by atoms with van der Waals surface area (Å²) in [5.74, 6) is -1.17. The molecule has 4 rings (SSSR count). The summed E-state index contributed by atoms with van der Waals surface area (Å²) in [5, 5.41) is 1.84. The first kappa shape index (κ1) is 24.4. The fourth-order valence-electron chi connectivity index (χ4n) is 4.42. The fourth-order valence-corrected chi connectivity index (χ4v) is 5.31. The third-order valence-electron chi connectivity index (χ3n) is 6.39. The van der Waals surface area contributed by atoms with Crippen LogP contribution in [0.2, 0.25) is 0 Å². The summed E-state index contributed by atoms with van der Waals surface area (Å²) in [6.07, 6.45) is -0.602. The number of thioether (sulfide) groups is 1. The topological polar surface area (TPSA) is 60.1 Å². The number of rotatable bonds is 3. The Morgan fingerprint density at radius 1 is 1.26 bits per heavy atom. The van der Waals surface area contributed by atoms with E-state index in [-0.39, 0.29) is 42.6 Å². The maximum atomic E-state index is 13.5. The van der Waals surface area contributed by atoms with Gasteiger partial charge in [0.2, 0.25) is 0 Å². The summed E-state index contributed by atoms with van der Waals surface area (Å²) in [4.78, 5) is 32.3. The molecular weight excluding hydrogens is 465 g/mol. The Morgan fingerprint density at radius 2 is 2.03 bits per heavy atom. The van der Waals surface area contributed by atoms with Crippen molar-refractivity contribution in [1.82, 2.24) is 19.0 Å². The summed E-state index contributed by atoms with van der Waals surface area (Å²) in [6.45, 7) is 8.05. The van der Waals surface area contributed by atoms with Gasteiger partial charge < -0.3 is 14.0 Å². The number of nitrogens with zero attached hydrogens (tertiary/aromatic N) is 4. The van der Waals surface area contributed by atoms with Gasteiger partial charge in [0.25, 0.3) is 11.5 Å². The largest absolute Gasteiger partial charge is 0.392 e. The molecule has 2 atom stereocenters. The molecule has 34 heavy (non-hydrogen) atoms. The van der Waals surface area contributed by atoms with Gasteiger partial charge in [-0.05, 0) is 67.5 Å². The van der Waals surface area contributed by atoms with Gasteiger partial charge in [-0.2, -0.15) is 13.2 Å². The molecule has 4 heterocycles. The normalized spacial score (nSPS) is 23.6. The lowest BCUT2D eigenvalue weighted by atomic mass is 9.91. The molecule has 2 aliphatic rings. The molecule has 182 valence electrons. The molecule has 2 aromatic heterocycles. The van der Waals surface area contributed by atoms with Crippen molar-refractivity contribution in [2.45, 2.75) is 51.9 Å². The number of aryl methyl sites for hydroxylation is 1. The Labute approximate surface area is 200 Å². The van der Waals surface area contributed by atoms with Gasteiger partial charge in [0.15, 0.2) is 0 Å². The lowest BCUT2D eigenvalue weighted by Gasteiger charge is -2.36. The van der Waals surface area contributed by atoms with Crippen LogP contribution in [-0.2, 0) is 6.54 Å². The van der Waals surface area contributed by atoms with Gasteiger partial charge in [0.1, 0.15) is 11.4 Å². The zero-order chi connectivity index (χ0) is 24.6. The molecule has 10 heteroatoms. The standard InChI is InChI=1S/C24H27F3N4O2S/c1-15-9-19(24(25,26)27)5-4-8-34-13-18(15)12-30-17(3)11-31-21(23(30)33)7-6-20(22(31)32)29-10-16(2)28-14-29/h6-7,10,13-14,17,19H,1,4-5,8-9,11-12H2,2-3H3/b18-13-. The molecule has 2 aliphatic heterocycles. The van der Waals surface area contributed by atoms with Crippen LogP contribution in [0, 0.1) is 12.8 Å². The Bertz CT molecular complexity index is 1200. The van der Waals surface area contributed by atoms with Gasteiger partial charge in [0, 0.05) is 25.3 Å². The lowest BCUT2D eigenvalue weighted by Crippen LogP contribution is -2.50. The number of aromatic nitrogens is 3. The third kappa shape index (κ3) is 4.87. The van der Waals surface area contributed by atoms with Crippen LogP contribution in [0.15, 0.2) is 52.6 Å². The number of carbonyl (C=O) groups is 1. The van der Waals surface area contributed by atoms with Crippen molar-refractivity contribution in [3.05, 3.63) is 69.5 Å². The highest BCUT2D eigenvalue weighted by molar-refractivity contribution is 8.02. The minimum absolute atomic E-state index is 0.0742. The maximum Gasteiger partial charge on any atom is 0.392 e. The van der Waals surface area contributed by atoms with E-state index in [1.165, 1.54) is 16.3 Å². The molecule has 0 saturated heterocycles. The second-order valence-corrected chi connectivity index (χ2v) is 9.90. The minimum Gasteiger partial charge on any atom is -0.329 e. The summed E-state index contributed by atoms with van der Waals surface area (Å²) in [5.41, 5.74) is 2.20. The van der Waals surface area contributed by atoms with E-state index >= 15 is 0 Å². The van der Waals surface area contributed by atoms with Gasteiger partial charge in [-0.3, -0.25) is 9.59 Å². The number of hydrogen-bond donors (Lipinski definition) is 0. The first-order chi connectivity index (χ1) is 16.1. The molecular formula is C24H27F3N4O2S. The van der Waals surface area contributed by atoms with E-state index in [0.29, 0.717) is 35.6 Å². The Kier molecular flexibility index (Phi) is 6.80. The summed E-state index contributed by atoms with van der Waals surface area (Å²) in [6, 6.07) is 2.90. The zero-order valence-corrected chi connectivity index (χ0v) is 20.0. The van der Waals surface area contributed by atoms with Crippen molar-refractivity contribution in [2.24, 2.45) is 5.92 Å². The molecule has 0 N–H and O–H groups in total. The zero-order valence-electron chi connectivity index (χ0n) is 19.1. The van der Waals surface area contributed by atoms with Crippen LogP contribution < -0.4 is 5.56 Å². The van der Waals surface area contributed by atoms with Crippen LogP contribution >= 0.6 is 11.8 Å². The fraction of sp³-hybridized carbons (Fsp3) is 0.458. The van der Waals surface area contributed by atoms with Gasteiger partial charge in [-0.25, -0.2) is 4.98 Å². The predicted molar refractivity (Wildman–Crippen MR) is 126 cm³/mol. The summed E-state index contributed by atoms with van der Waals surface area (Å²) >= 11 is 1.46. The molecule has 1 amide bonds. The Morgan fingerprint density at radius 3 is 2.71 bits per heavy atom. The van der Waals surface area contributed by atoms with E-state index in [4.69, 9.17) is 0 Å². The highest BCUT2D eigenvalue weighted by atomic mass is 32.2. The highest BCUT2D eigenvalue weighted by Crippen LogP contribution is 2.38. The van der Waals surface area contributed by atoms with E-state index in [1.807, 2.05) is 19.3 Å². The average molecular weight is 493 g/mol. The molecule has 0 aliphatic carbocycles. The number of pyridine rings is 1. The average Bonchev–Trinajstić information content (AvgIpc) is 3.22. The second-order valence-electron chi connectivity index (χ2n) is 8.93. The van der Waals surface area contributed by atoms with Gasteiger partial charge in [-0.15, -0.1) is 11.8 Å². The van der Waals surface area contributed by atoms with E-state index in [2.05, 4.69) is 11.6 Å². The summed E-state index contributed by atoms with van der Waals surface area (Å²) < 4.78 is 43.5. The van der Waals surface area contributed by atoms with Gasteiger partial charge >= 0.3 is 6.18 Å². The van der Waals surface area contributed by atoms with Crippen LogP contribution in [0.4, 0.5) is 13.2 Å². The van der Waals surface area contributed by atoms with Crippen LogP contribution in [0.5, 0.6) is 0 Å². The second kappa shape index (κ2) is 9.48. The molecule has 2 aromatic rings. The number of alkyl halides is 3. The molecule has 6 nitrogen and oxygen atoms in total. The van der Waals surface area contributed by atoms with Crippen LogP contribution in [0.25, 0.3) is 5.69 Å². The summed E-state index contributed by atoms with van der Waals surface area (Å²) in [7, 11) is 0. The minimum atomic E-state index is -4.27. The predicted octanol–water partition coefficient (Wildman–Crippen LogP) is 4.72. The molecule has 0 radical (unpaired) electrons. The SMILES string of the molecule is C=C1CC(C(F)(F)F)CCCS/C=C\1CN1C(=O)c2ccc(-n3cnc(C)c3)c(=O)n2CC1C. The number of amides is 1. The number of hydrogen-bond acceptors (Lipinski definition) is 4. The first-order valence-corrected chi connectivity index (χ1v) is 12.2. The molecule has 0 fully saturated rings. The maximum absolute atomic E-state index is 13.5. The van der Waals surface area contributed by atoms with Crippen LogP contribution in [-0.4, -0.2) is 49.4 Å². The van der Waals surface area contributed by atoms with E-state index in [1.54, 1.807) is 34.1 Å². The Hall–Kier alpha value is -2.75. The number of halogens is 3. The molecule has 0 bridgehead atoms. The van der Waals surface area contributed by atoms with E-state index in [9.17, 15) is 22.8 Å². The van der Waals surface area contributed by atoms with Crippen molar-refractivity contribution < 1.29 is 18.0 Å². The smallest absolute Gasteiger partial charge is 0.329 e. The first-order valence-electron chi connectivity index (χ1n) is 11.2. The van der Waals surface area contributed by atoms with Gasteiger partial charge in [-0.1, -0.05) is 6.58 Å². The van der Waals surface area contributed by atoms with Crippen molar-refractivity contribution in [2.75, 3.05) is 12.3 Å². The monoisotopic (exact) mass is 492 g/mol.